The van der Waals surface area contributed by atoms with Gasteiger partial charge in [0.2, 0.25) is 0 Å². The van der Waals surface area contributed by atoms with E-state index in [0.29, 0.717) is 40.0 Å². The summed E-state index contributed by atoms with van der Waals surface area (Å²) >= 11 is 12.5. The number of aromatic nitrogens is 2. The number of anilines is 2. The van der Waals surface area contributed by atoms with Gasteiger partial charge in [0, 0.05) is 53.5 Å². The van der Waals surface area contributed by atoms with Crippen LogP contribution in [-0.4, -0.2) is 52.9 Å². The number of rotatable bonds is 7. The molecule has 204 valence electrons. The molecule has 1 aromatic heterocycles. The number of likely N-dealkylation sites (tertiary alicyclic amines) is 1. The van der Waals surface area contributed by atoms with E-state index >= 15 is 0 Å². The van der Waals surface area contributed by atoms with Crippen molar-refractivity contribution in [1.29, 1.82) is 0 Å². The molecule has 3 aromatic carbocycles. The lowest BCUT2D eigenvalue weighted by Gasteiger charge is -2.30. The van der Waals surface area contributed by atoms with Crippen LogP contribution in [0, 0.1) is 0 Å². The maximum Gasteiger partial charge on any atom is 0.273 e. The van der Waals surface area contributed by atoms with Gasteiger partial charge in [0.25, 0.3) is 11.8 Å². The third-order valence-corrected chi connectivity index (χ3v) is 7.51. The molecule has 40 heavy (non-hydrogen) atoms. The Hall–Kier alpha value is -3.98. The Kier molecular flexibility index (Phi) is 8.30. The first-order chi connectivity index (χ1) is 19.3. The minimum Gasteiger partial charge on any atom is -0.382 e. The number of nitrogens with zero attached hydrogens (tertiary/aromatic N) is 4. The van der Waals surface area contributed by atoms with Crippen LogP contribution in [0.4, 0.5) is 11.5 Å². The lowest BCUT2D eigenvalue weighted by Crippen LogP contribution is -2.42. The van der Waals surface area contributed by atoms with Crippen molar-refractivity contribution >= 4 is 46.5 Å². The van der Waals surface area contributed by atoms with E-state index in [1.807, 2.05) is 53.4 Å². The second kappa shape index (κ2) is 12.0. The molecule has 8 nitrogen and oxygen atoms in total. The van der Waals surface area contributed by atoms with Crippen LogP contribution in [0.2, 0.25) is 10.0 Å². The fourth-order valence-corrected chi connectivity index (χ4v) is 5.38. The zero-order valence-electron chi connectivity index (χ0n) is 21.8. The standard InChI is InChI=1S/C30H28Cl2N6O2/c1-34-29(39)27-28(33)35-16-26(36-27)19-6-5-7-20(14-19)30(40)38(23-8-3-2-4-9-23)24-12-13-37(18-24)17-21-10-11-22(31)15-25(21)32/h2-11,14-16,24H,12-13,17-18H2,1H3,(H2,33,35)(H,34,39). The number of benzene rings is 3. The fourth-order valence-electron chi connectivity index (χ4n) is 4.91. The number of carbonyl (C=O) groups is 2. The molecule has 2 amide bonds. The molecule has 10 heteroatoms. The van der Waals surface area contributed by atoms with Gasteiger partial charge in [-0.05, 0) is 48.4 Å². The normalized spacial score (nSPS) is 15.1. The van der Waals surface area contributed by atoms with Gasteiger partial charge in [-0.25, -0.2) is 9.97 Å². The summed E-state index contributed by atoms with van der Waals surface area (Å²) in [6, 6.07) is 22.3. The summed E-state index contributed by atoms with van der Waals surface area (Å²) in [5, 5.41) is 3.76. The van der Waals surface area contributed by atoms with E-state index in [1.165, 1.54) is 13.2 Å². The van der Waals surface area contributed by atoms with Crippen molar-refractivity contribution in [3.63, 3.8) is 0 Å². The van der Waals surface area contributed by atoms with Gasteiger partial charge in [-0.1, -0.05) is 59.6 Å². The smallest absolute Gasteiger partial charge is 0.273 e. The van der Waals surface area contributed by atoms with Gasteiger partial charge in [0.1, 0.15) is 0 Å². The first-order valence-electron chi connectivity index (χ1n) is 12.8. The molecule has 0 saturated carbocycles. The van der Waals surface area contributed by atoms with Crippen molar-refractivity contribution in [1.82, 2.24) is 20.2 Å². The Morgan fingerprint density at radius 1 is 1.07 bits per heavy atom. The molecule has 2 heterocycles. The highest BCUT2D eigenvalue weighted by Gasteiger charge is 2.32. The minimum atomic E-state index is -0.431. The van der Waals surface area contributed by atoms with Gasteiger partial charge in [0.15, 0.2) is 11.5 Å². The molecule has 1 aliphatic heterocycles. The SMILES string of the molecule is CNC(=O)c1nc(-c2cccc(C(=O)N(c3ccccc3)C3CCN(Cc4ccc(Cl)cc4Cl)C3)c2)cnc1N. The van der Waals surface area contributed by atoms with E-state index in [0.717, 1.165) is 24.2 Å². The number of nitrogens with one attached hydrogen (secondary N) is 1. The molecule has 1 atom stereocenters. The van der Waals surface area contributed by atoms with Gasteiger partial charge in [-0.2, -0.15) is 0 Å². The van der Waals surface area contributed by atoms with Crippen LogP contribution in [0.1, 0.15) is 32.8 Å². The summed E-state index contributed by atoms with van der Waals surface area (Å²) in [5.74, 6) is -0.518. The average molecular weight is 576 g/mol. The van der Waals surface area contributed by atoms with Crippen LogP contribution >= 0.6 is 23.2 Å². The summed E-state index contributed by atoms with van der Waals surface area (Å²) in [7, 11) is 1.50. The second-order valence-electron chi connectivity index (χ2n) is 9.57. The molecule has 4 aromatic rings. The highest BCUT2D eigenvalue weighted by molar-refractivity contribution is 6.35. The van der Waals surface area contributed by atoms with Gasteiger partial charge >= 0.3 is 0 Å². The Morgan fingerprint density at radius 2 is 1.88 bits per heavy atom. The average Bonchev–Trinajstić information content (AvgIpc) is 3.43. The molecule has 1 saturated heterocycles. The summed E-state index contributed by atoms with van der Waals surface area (Å²) in [4.78, 5) is 39.0. The Labute approximate surface area is 242 Å². The molecular formula is C30H28Cl2N6O2. The molecule has 0 radical (unpaired) electrons. The number of amides is 2. The monoisotopic (exact) mass is 574 g/mol. The summed E-state index contributed by atoms with van der Waals surface area (Å²) < 4.78 is 0. The number of hydrogen-bond donors (Lipinski definition) is 2. The quantitative estimate of drug-likeness (QED) is 0.310. The van der Waals surface area contributed by atoms with Crippen LogP contribution in [0.5, 0.6) is 0 Å². The molecule has 1 fully saturated rings. The van der Waals surface area contributed by atoms with Crippen molar-refractivity contribution in [2.45, 2.75) is 19.0 Å². The minimum absolute atomic E-state index is 0.0366. The Bertz CT molecular complexity index is 1550. The fraction of sp³-hybridized carbons (Fsp3) is 0.200. The lowest BCUT2D eigenvalue weighted by molar-refractivity contribution is 0.0955. The van der Waals surface area contributed by atoms with E-state index in [4.69, 9.17) is 28.9 Å². The Morgan fingerprint density at radius 3 is 2.62 bits per heavy atom. The number of para-hydroxylation sites is 1. The zero-order valence-corrected chi connectivity index (χ0v) is 23.4. The van der Waals surface area contributed by atoms with Crippen molar-refractivity contribution in [3.8, 4) is 11.3 Å². The van der Waals surface area contributed by atoms with Crippen LogP contribution in [0.25, 0.3) is 11.3 Å². The van der Waals surface area contributed by atoms with E-state index in [2.05, 4.69) is 20.2 Å². The first-order valence-corrected chi connectivity index (χ1v) is 13.6. The van der Waals surface area contributed by atoms with E-state index in [-0.39, 0.29) is 23.5 Å². The predicted octanol–water partition coefficient (Wildman–Crippen LogP) is 5.31. The van der Waals surface area contributed by atoms with Gasteiger partial charge < -0.3 is 16.0 Å². The number of halogens is 2. The maximum absolute atomic E-state index is 14.1. The first kappa shape index (κ1) is 27.6. The Balaban J connectivity index is 1.42. The number of hydrogen-bond acceptors (Lipinski definition) is 6. The summed E-state index contributed by atoms with van der Waals surface area (Å²) in [5.41, 5.74) is 9.32. The van der Waals surface area contributed by atoms with E-state index in [9.17, 15) is 9.59 Å². The van der Waals surface area contributed by atoms with E-state index < -0.39 is 5.91 Å². The molecule has 0 bridgehead atoms. The molecule has 5 rings (SSSR count). The molecule has 0 spiro atoms. The zero-order chi connectivity index (χ0) is 28.2. The number of nitrogen functional groups attached to an aromatic ring is 1. The van der Waals surface area contributed by atoms with Crippen molar-refractivity contribution < 1.29 is 9.59 Å². The third kappa shape index (κ3) is 5.94. The van der Waals surface area contributed by atoms with Gasteiger partial charge in [-0.3, -0.25) is 14.5 Å². The maximum atomic E-state index is 14.1. The second-order valence-corrected chi connectivity index (χ2v) is 10.4. The van der Waals surface area contributed by atoms with Crippen LogP contribution in [0.15, 0.2) is 79.0 Å². The van der Waals surface area contributed by atoms with Gasteiger partial charge in [0.05, 0.1) is 17.9 Å². The highest BCUT2D eigenvalue weighted by atomic mass is 35.5. The molecular weight excluding hydrogens is 547 g/mol. The predicted molar refractivity (Wildman–Crippen MR) is 159 cm³/mol. The van der Waals surface area contributed by atoms with Crippen LogP contribution < -0.4 is 16.0 Å². The molecule has 1 aliphatic rings. The van der Waals surface area contributed by atoms with Crippen LogP contribution in [0.3, 0.4) is 0 Å². The topological polar surface area (TPSA) is 104 Å². The lowest BCUT2D eigenvalue weighted by atomic mass is 10.1. The third-order valence-electron chi connectivity index (χ3n) is 6.92. The molecule has 0 aliphatic carbocycles. The number of carbonyl (C=O) groups excluding carboxylic acids is 2. The molecule has 3 N–H and O–H groups in total. The van der Waals surface area contributed by atoms with Crippen molar-refractivity contribution in [3.05, 3.63) is 106 Å². The van der Waals surface area contributed by atoms with Crippen molar-refractivity contribution in [2.24, 2.45) is 0 Å². The highest BCUT2D eigenvalue weighted by Crippen LogP contribution is 2.29. The largest absolute Gasteiger partial charge is 0.382 e. The van der Waals surface area contributed by atoms with E-state index in [1.54, 1.807) is 24.3 Å². The van der Waals surface area contributed by atoms with Crippen molar-refractivity contribution in [2.75, 3.05) is 30.8 Å². The molecule has 1 unspecified atom stereocenters. The van der Waals surface area contributed by atoms with Crippen LogP contribution in [-0.2, 0) is 6.54 Å². The van der Waals surface area contributed by atoms with Gasteiger partial charge in [-0.15, -0.1) is 0 Å². The summed E-state index contributed by atoms with van der Waals surface area (Å²) in [6.07, 6.45) is 2.31. The summed E-state index contributed by atoms with van der Waals surface area (Å²) in [6.45, 7) is 2.18. The number of nitrogens with two attached hydrogens (primary N) is 1.